The molecule has 2 unspecified atom stereocenters. The summed E-state index contributed by atoms with van der Waals surface area (Å²) < 4.78 is 0. The highest BCUT2D eigenvalue weighted by molar-refractivity contribution is 4.90. The molecule has 2 heteroatoms. The monoisotopic (exact) mass is 224 g/mol. The molecule has 0 aromatic heterocycles. The van der Waals surface area contributed by atoms with Crippen LogP contribution < -0.4 is 0 Å². The van der Waals surface area contributed by atoms with E-state index in [4.69, 9.17) is 0 Å². The van der Waals surface area contributed by atoms with Crippen LogP contribution in [0.25, 0.3) is 0 Å². The van der Waals surface area contributed by atoms with Gasteiger partial charge in [-0.25, -0.2) is 0 Å². The van der Waals surface area contributed by atoms with Gasteiger partial charge in [-0.3, -0.25) is 9.80 Å². The van der Waals surface area contributed by atoms with Gasteiger partial charge in [-0.05, 0) is 31.7 Å². The second-order valence-electron chi connectivity index (χ2n) is 6.05. The molecule has 0 radical (unpaired) electrons. The number of hydrogen-bond acceptors (Lipinski definition) is 2. The summed E-state index contributed by atoms with van der Waals surface area (Å²) in [4.78, 5) is 5.52. The van der Waals surface area contributed by atoms with Gasteiger partial charge < -0.3 is 0 Å². The van der Waals surface area contributed by atoms with Crippen molar-refractivity contribution >= 4 is 0 Å². The van der Waals surface area contributed by atoms with Crippen LogP contribution in [0.4, 0.5) is 0 Å². The maximum atomic E-state index is 2.76. The van der Waals surface area contributed by atoms with E-state index in [0.29, 0.717) is 0 Å². The maximum absolute atomic E-state index is 2.76. The van der Waals surface area contributed by atoms with E-state index in [-0.39, 0.29) is 0 Å². The van der Waals surface area contributed by atoms with Gasteiger partial charge in [-0.15, -0.1) is 0 Å². The summed E-state index contributed by atoms with van der Waals surface area (Å²) >= 11 is 0. The molecule has 0 bridgehead atoms. The highest BCUT2D eigenvalue weighted by atomic mass is 15.3. The zero-order valence-corrected chi connectivity index (χ0v) is 11.3. The summed E-state index contributed by atoms with van der Waals surface area (Å²) in [5.41, 5.74) is 0. The van der Waals surface area contributed by atoms with Crippen LogP contribution in [0.3, 0.4) is 0 Å². The highest BCUT2D eigenvalue weighted by Gasteiger charge is 2.33. The van der Waals surface area contributed by atoms with Crippen molar-refractivity contribution in [3.05, 3.63) is 0 Å². The standard InChI is InChI=1S/C14H28N2/c1-4-13-10-15-8-6-5-7-14(15)11-16(13)9-12(2)3/h12-14H,4-11H2,1-3H3. The van der Waals surface area contributed by atoms with Gasteiger partial charge in [-0.1, -0.05) is 27.2 Å². The van der Waals surface area contributed by atoms with Crippen molar-refractivity contribution < 1.29 is 0 Å². The second-order valence-corrected chi connectivity index (χ2v) is 6.05. The Labute approximate surface area is 101 Å². The fourth-order valence-electron chi connectivity index (χ4n) is 3.39. The van der Waals surface area contributed by atoms with E-state index in [1.807, 2.05) is 0 Å². The predicted molar refractivity (Wildman–Crippen MR) is 69.7 cm³/mol. The number of fused-ring (bicyclic) bond motifs is 1. The van der Waals surface area contributed by atoms with Crippen LogP contribution in [-0.2, 0) is 0 Å². The Morgan fingerprint density at radius 3 is 2.69 bits per heavy atom. The summed E-state index contributed by atoms with van der Waals surface area (Å²) in [6.07, 6.45) is 5.63. The van der Waals surface area contributed by atoms with E-state index in [9.17, 15) is 0 Å². The molecule has 0 saturated carbocycles. The van der Waals surface area contributed by atoms with Gasteiger partial charge in [0.15, 0.2) is 0 Å². The zero-order chi connectivity index (χ0) is 11.5. The van der Waals surface area contributed by atoms with Gasteiger partial charge in [0.05, 0.1) is 0 Å². The normalized spacial score (nSPS) is 33.0. The van der Waals surface area contributed by atoms with Crippen LogP contribution in [0.2, 0.25) is 0 Å². The van der Waals surface area contributed by atoms with Crippen molar-refractivity contribution in [2.75, 3.05) is 26.2 Å². The van der Waals surface area contributed by atoms with E-state index in [1.165, 1.54) is 51.9 Å². The minimum atomic E-state index is 0.809. The van der Waals surface area contributed by atoms with Gasteiger partial charge in [0, 0.05) is 31.7 Å². The molecular weight excluding hydrogens is 196 g/mol. The first kappa shape index (κ1) is 12.4. The number of piperidine rings is 1. The topological polar surface area (TPSA) is 6.48 Å². The molecule has 2 fully saturated rings. The van der Waals surface area contributed by atoms with Crippen molar-refractivity contribution in [2.24, 2.45) is 5.92 Å². The summed E-state index contributed by atoms with van der Waals surface area (Å²) in [5.74, 6) is 0.809. The van der Waals surface area contributed by atoms with Gasteiger partial charge in [-0.2, -0.15) is 0 Å². The van der Waals surface area contributed by atoms with Crippen LogP contribution in [0.15, 0.2) is 0 Å². The SMILES string of the molecule is CCC1CN2CCCCC2CN1CC(C)C. The van der Waals surface area contributed by atoms with Gasteiger partial charge in [0.25, 0.3) is 0 Å². The molecule has 2 saturated heterocycles. The largest absolute Gasteiger partial charge is 0.298 e. The van der Waals surface area contributed by atoms with E-state index in [0.717, 1.165) is 18.0 Å². The lowest BCUT2D eigenvalue weighted by Crippen LogP contribution is -2.59. The second kappa shape index (κ2) is 5.50. The quantitative estimate of drug-likeness (QED) is 0.727. The molecule has 0 aromatic rings. The lowest BCUT2D eigenvalue weighted by molar-refractivity contribution is 0.00229. The smallest absolute Gasteiger partial charge is 0.0223 e. The lowest BCUT2D eigenvalue weighted by atomic mass is 9.95. The molecule has 0 amide bonds. The van der Waals surface area contributed by atoms with Crippen LogP contribution >= 0.6 is 0 Å². The predicted octanol–water partition coefficient (Wildman–Crippen LogP) is 2.59. The van der Waals surface area contributed by atoms with E-state index >= 15 is 0 Å². The highest BCUT2D eigenvalue weighted by Crippen LogP contribution is 2.25. The first-order chi connectivity index (χ1) is 7.70. The average Bonchev–Trinajstić information content (AvgIpc) is 2.27. The Morgan fingerprint density at radius 1 is 1.19 bits per heavy atom. The molecule has 2 aliphatic heterocycles. The van der Waals surface area contributed by atoms with Crippen molar-refractivity contribution in [3.8, 4) is 0 Å². The molecule has 0 N–H and O–H groups in total. The van der Waals surface area contributed by atoms with E-state index < -0.39 is 0 Å². The minimum Gasteiger partial charge on any atom is -0.298 e. The maximum Gasteiger partial charge on any atom is 0.0223 e. The zero-order valence-electron chi connectivity index (χ0n) is 11.3. The van der Waals surface area contributed by atoms with Crippen molar-refractivity contribution in [1.82, 2.24) is 9.80 Å². The van der Waals surface area contributed by atoms with Crippen molar-refractivity contribution in [3.63, 3.8) is 0 Å². The fourth-order valence-corrected chi connectivity index (χ4v) is 3.39. The first-order valence-electron chi connectivity index (χ1n) is 7.18. The minimum absolute atomic E-state index is 0.809. The van der Waals surface area contributed by atoms with Gasteiger partial charge in [0.2, 0.25) is 0 Å². The molecule has 2 atom stereocenters. The number of rotatable bonds is 3. The molecule has 94 valence electrons. The lowest BCUT2D eigenvalue weighted by Gasteiger charge is -2.49. The summed E-state index contributed by atoms with van der Waals surface area (Å²) in [7, 11) is 0. The van der Waals surface area contributed by atoms with Crippen molar-refractivity contribution in [2.45, 2.75) is 58.5 Å². The molecule has 2 heterocycles. The molecule has 0 aromatic carbocycles. The molecular formula is C14H28N2. The molecule has 0 spiro atoms. The van der Waals surface area contributed by atoms with Crippen molar-refractivity contribution in [1.29, 1.82) is 0 Å². The summed E-state index contributed by atoms with van der Waals surface area (Å²) in [5, 5.41) is 0. The molecule has 2 aliphatic rings. The summed E-state index contributed by atoms with van der Waals surface area (Å²) in [6.45, 7) is 12.4. The number of hydrogen-bond donors (Lipinski definition) is 0. The third-order valence-electron chi connectivity index (χ3n) is 4.23. The van der Waals surface area contributed by atoms with Crippen LogP contribution in [0.1, 0.15) is 46.5 Å². The molecule has 0 aliphatic carbocycles. The third kappa shape index (κ3) is 2.78. The van der Waals surface area contributed by atoms with Gasteiger partial charge in [0.1, 0.15) is 0 Å². The first-order valence-corrected chi connectivity index (χ1v) is 7.18. The van der Waals surface area contributed by atoms with Crippen LogP contribution in [0, 0.1) is 5.92 Å². The van der Waals surface area contributed by atoms with Crippen LogP contribution in [-0.4, -0.2) is 48.1 Å². The average molecular weight is 224 g/mol. The molecule has 2 rings (SSSR count). The number of piperazine rings is 1. The third-order valence-corrected chi connectivity index (χ3v) is 4.23. The Bertz CT molecular complexity index is 215. The Balaban J connectivity index is 1.96. The Kier molecular flexibility index (Phi) is 4.26. The molecule has 2 nitrogen and oxygen atoms in total. The molecule has 16 heavy (non-hydrogen) atoms. The van der Waals surface area contributed by atoms with E-state index in [1.54, 1.807) is 0 Å². The van der Waals surface area contributed by atoms with E-state index in [2.05, 4.69) is 30.6 Å². The Hall–Kier alpha value is -0.0800. The number of nitrogens with zero attached hydrogens (tertiary/aromatic N) is 2. The summed E-state index contributed by atoms with van der Waals surface area (Å²) in [6, 6.07) is 1.69. The fraction of sp³-hybridized carbons (Fsp3) is 1.00. The van der Waals surface area contributed by atoms with Crippen LogP contribution in [0.5, 0.6) is 0 Å². The van der Waals surface area contributed by atoms with Gasteiger partial charge >= 0.3 is 0 Å². The Morgan fingerprint density at radius 2 is 2.00 bits per heavy atom.